The van der Waals surface area contributed by atoms with Crippen molar-refractivity contribution in [2.45, 2.75) is 49.8 Å². The van der Waals surface area contributed by atoms with Crippen LogP contribution in [-0.4, -0.2) is 76.0 Å². The van der Waals surface area contributed by atoms with Crippen molar-refractivity contribution in [1.29, 1.82) is 0 Å². The van der Waals surface area contributed by atoms with Gasteiger partial charge < -0.3 is 30.5 Å². The minimum atomic E-state index is -1.07. The number of nitrogens with one attached hydrogen (secondary N) is 2. The highest BCUT2D eigenvalue weighted by atomic mass is 16.6. The van der Waals surface area contributed by atoms with Gasteiger partial charge in [0.25, 0.3) is 5.56 Å². The summed E-state index contributed by atoms with van der Waals surface area (Å²) in [6, 6.07) is 15.5. The second-order valence-corrected chi connectivity index (χ2v) is 10.4. The van der Waals surface area contributed by atoms with Gasteiger partial charge in [0.2, 0.25) is 5.91 Å². The van der Waals surface area contributed by atoms with E-state index in [1.54, 1.807) is 6.92 Å². The van der Waals surface area contributed by atoms with Crippen LogP contribution in [0.3, 0.4) is 0 Å². The van der Waals surface area contributed by atoms with E-state index < -0.39 is 53.8 Å². The van der Waals surface area contributed by atoms with Gasteiger partial charge in [-0.25, -0.2) is 9.59 Å². The molecule has 5 atom stereocenters. The number of carbonyl (C=O) groups excluding carboxylic acids is 2. The second-order valence-electron chi connectivity index (χ2n) is 10.4. The van der Waals surface area contributed by atoms with Crippen LogP contribution in [0.15, 0.2) is 70.4 Å². The number of H-pyrrole nitrogens is 1. The Balaban J connectivity index is 1.13. The van der Waals surface area contributed by atoms with Gasteiger partial charge in [-0.05, 0) is 29.2 Å². The summed E-state index contributed by atoms with van der Waals surface area (Å²) in [5.41, 5.74) is 9.35. The molecule has 1 saturated heterocycles. The van der Waals surface area contributed by atoms with E-state index in [9.17, 15) is 24.3 Å². The van der Waals surface area contributed by atoms with Crippen molar-refractivity contribution in [3.63, 3.8) is 0 Å². The highest BCUT2D eigenvalue weighted by molar-refractivity contribution is 5.83. The molecular weight excluding hydrogens is 530 g/mol. The van der Waals surface area contributed by atoms with Crippen molar-refractivity contribution in [1.82, 2.24) is 19.8 Å². The van der Waals surface area contributed by atoms with E-state index in [-0.39, 0.29) is 25.5 Å². The maximum absolute atomic E-state index is 12.9. The Labute approximate surface area is 235 Å². The van der Waals surface area contributed by atoms with Gasteiger partial charge in [-0.15, -0.1) is 0 Å². The molecule has 0 unspecified atom stereocenters. The molecule has 2 aliphatic rings. The van der Waals surface area contributed by atoms with E-state index in [2.05, 4.69) is 22.4 Å². The fourth-order valence-electron chi connectivity index (χ4n) is 5.39. The minimum Gasteiger partial charge on any atom is -0.448 e. The number of ether oxygens (including phenoxy) is 2. The molecule has 5 rings (SSSR count). The number of aliphatic hydroxyl groups excluding tert-OH is 1. The summed E-state index contributed by atoms with van der Waals surface area (Å²) in [6.07, 6.45) is -1.83. The van der Waals surface area contributed by atoms with Crippen LogP contribution in [0.1, 0.15) is 36.6 Å². The normalized spacial score (nSPS) is 21.0. The number of nitrogens with two attached hydrogens (primary N) is 1. The van der Waals surface area contributed by atoms with Gasteiger partial charge in [0, 0.05) is 38.2 Å². The number of benzene rings is 2. The Kier molecular flexibility index (Phi) is 8.06. The molecule has 2 heterocycles. The fourth-order valence-corrected chi connectivity index (χ4v) is 5.39. The second kappa shape index (κ2) is 11.7. The first-order valence-corrected chi connectivity index (χ1v) is 13.4. The predicted molar refractivity (Wildman–Crippen MR) is 149 cm³/mol. The van der Waals surface area contributed by atoms with Crippen LogP contribution in [0.4, 0.5) is 4.79 Å². The summed E-state index contributed by atoms with van der Waals surface area (Å²) < 4.78 is 12.5. The van der Waals surface area contributed by atoms with E-state index in [1.165, 1.54) is 18.1 Å². The monoisotopic (exact) mass is 563 g/mol. The smallest absolute Gasteiger partial charge is 0.409 e. The highest BCUT2D eigenvalue weighted by Gasteiger charge is 2.37. The molecule has 1 fully saturated rings. The zero-order valence-electron chi connectivity index (χ0n) is 22.7. The van der Waals surface area contributed by atoms with Crippen LogP contribution in [0, 0.1) is 0 Å². The molecule has 1 aliphatic heterocycles. The van der Waals surface area contributed by atoms with E-state index in [0.29, 0.717) is 0 Å². The first kappa shape index (κ1) is 28.3. The van der Waals surface area contributed by atoms with Crippen molar-refractivity contribution in [3.05, 3.63) is 92.8 Å². The quantitative estimate of drug-likeness (QED) is 0.313. The molecule has 216 valence electrons. The van der Waals surface area contributed by atoms with E-state index in [4.69, 9.17) is 15.2 Å². The van der Waals surface area contributed by atoms with Gasteiger partial charge in [-0.2, -0.15) is 0 Å². The summed E-state index contributed by atoms with van der Waals surface area (Å²) in [5.74, 6) is -0.608. The van der Waals surface area contributed by atoms with Crippen LogP contribution < -0.4 is 22.3 Å². The van der Waals surface area contributed by atoms with Crippen molar-refractivity contribution in [2.24, 2.45) is 5.73 Å². The predicted octanol–water partition coefficient (Wildman–Crippen LogP) is 0.898. The van der Waals surface area contributed by atoms with Crippen LogP contribution in [-0.2, 0) is 14.3 Å². The molecule has 2 aromatic carbocycles. The molecular formula is C29H33N5O7. The van der Waals surface area contributed by atoms with Crippen molar-refractivity contribution < 1.29 is 24.2 Å². The summed E-state index contributed by atoms with van der Waals surface area (Å²) in [4.78, 5) is 52.5. The number of fused-ring (bicyclic) bond motifs is 3. The topological polar surface area (TPSA) is 169 Å². The van der Waals surface area contributed by atoms with Gasteiger partial charge in [0.1, 0.15) is 18.8 Å². The summed E-state index contributed by atoms with van der Waals surface area (Å²) in [7, 11) is 1.53. The largest absolute Gasteiger partial charge is 0.448 e. The lowest BCUT2D eigenvalue weighted by molar-refractivity contribution is -0.124. The maximum Gasteiger partial charge on any atom is 0.409 e. The number of aliphatic hydroxyl groups is 1. The van der Waals surface area contributed by atoms with Crippen LogP contribution in [0.5, 0.6) is 0 Å². The number of aromatic amines is 1. The first-order valence-electron chi connectivity index (χ1n) is 13.4. The average molecular weight is 564 g/mol. The number of rotatable bonds is 8. The summed E-state index contributed by atoms with van der Waals surface area (Å²) in [6.45, 7) is 1.83. The number of hydrogen-bond donors (Lipinski definition) is 4. The van der Waals surface area contributed by atoms with Gasteiger partial charge in [-0.1, -0.05) is 48.5 Å². The molecule has 0 radical (unpaired) electrons. The average Bonchev–Trinajstić information content (AvgIpc) is 3.50. The molecule has 12 heteroatoms. The molecule has 0 saturated carbocycles. The third kappa shape index (κ3) is 5.67. The van der Waals surface area contributed by atoms with Crippen LogP contribution in [0.2, 0.25) is 0 Å². The molecule has 1 aromatic heterocycles. The SMILES string of the molecule is C[C@@H]([C@H](N)C(=O)NC[C@H]1C[C@@H](O)[C@H](n2ccc(=O)[nH]c2=O)O1)N(C)C(=O)OCC1c2ccccc2-c2ccccc21. The maximum atomic E-state index is 12.9. The van der Waals surface area contributed by atoms with Gasteiger partial charge in [0.05, 0.1) is 12.1 Å². The summed E-state index contributed by atoms with van der Waals surface area (Å²) in [5, 5.41) is 13.1. The zero-order valence-corrected chi connectivity index (χ0v) is 22.7. The number of hydrogen-bond acceptors (Lipinski definition) is 8. The number of aromatic nitrogens is 2. The lowest BCUT2D eigenvalue weighted by Crippen LogP contribution is -2.55. The lowest BCUT2D eigenvalue weighted by Gasteiger charge is -2.29. The van der Waals surface area contributed by atoms with Gasteiger partial charge >= 0.3 is 11.8 Å². The van der Waals surface area contributed by atoms with Crippen molar-refractivity contribution >= 4 is 12.0 Å². The molecule has 0 bridgehead atoms. The Morgan fingerprint density at radius 3 is 2.41 bits per heavy atom. The third-order valence-corrected chi connectivity index (χ3v) is 7.85. The molecule has 1 aliphatic carbocycles. The zero-order chi connectivity index (χ0) is 29.3. The van der Waals surface area contributed by atoms with Gasteiger partial charge in [0.15, 0.2) is 6.23 Å². The lowest BCUT2D eigenvalue weighted by atomic mass is 9.98. The number of nitrogens with zero attached hydrogens (tertiary/aromatic N) is 2. The molecule has 12 nitrogen and oxygen atoms in total. The molecule has 2 amide bonds. The summed E-state index contributed by atoms with van der Waals surface area (Å²) >= 11 is 0. The first-order chi connectivity index (χ1) is 19.7. The Morgan fingerprint density at radius 1 is 1.15 bits per heavy atom. The standard InChI is InChI=1S/C29H33N5O7/c1-16(25(30)26(37)31-14-17-13-23(35)27(41-17)34-12-11-24(36)32-28(34)38)33(2)29(39)40-15-22-20-9-5-3-7-18(20)19-8-4-6-10-21(19)22/h3-12,16-17,22-23,25,27,35H,13-15,30H2,1-2H3,(H,31,37)(H,32,36,38)/t16-,17+,23+,25-,27+/m0/s1. The molecule has 3 aromatic rings. The molecule has 5 N–H and O–H groups in total. The third-order valence-electron chi connectivity index (χ3n) is 7.85. The number of likely N-dealkylation sites (N-methyl/N-ethyl adjacent to an activating group) is 1. The van der Waals surface area contributed by atoms with Crippen LogP contribution in [0.25, 0.3) is 11.1 Å². The Morgan fingerprint density at radius 2 is 1.78 bits per heavy atom. The van der Waals surface area contributed by atoms with Gasteiger partial charge in [-0.3, -0.25) is 19.1 Å². The van der Waals surface area contributed by atoms with E-state index in [0.717, 1.165) is 32.9 Å². The fraction of sp³-hybridized carbons (Fsp3) is 0.379. The number of carbonyl (C=O) groups is 2. The molecule has 0 spiro atoms. The van der Waals surface area contributed by atoms with Crippen LogP contribution >= 0.6 is 0 Å². The Hall–Kier alpha value is -4.26. The van der Waals surface area contributed by atoms with Crippen molar-refractivity contribution in [2.75, 3.05) is 20.2 Å². The van der Waals surface area contributed by atoms with E-state index >= 15 is 0 Å². The van der Waals surface area contributed by atoms with Crippen molar-refractivity contribution in [3.8, 4) is 11.1 Å². The Bertz CT molecular complexity index is 1510. The minimum absolute atomic E-state index is 0.0274. The highest BCUT2D eigenvalue weighted by Crippen LogP contribution is 2.44. The number of amides is 2. The molecule has 41 heavy (non-hydrogen) atoms. The van der Waals surface area contributed by atoms with E-state index in [1.807, 2.05) is 36.4 Å².